The van der Waals surface area contributed by atoms with Crippen molar-refractivity contribution in [3.8, 4) is 0 Å². The summed E-state index contributed by atoms with van der Waals surface area (Å²) in [5.41, 5.74) is 8.65. The lowest BCUT2D eigenvalue weighted by Crippen LogP contribution is -2.31. The summed E-state index contributed by atoms with van der Waals surface area (Å²) >= 11 is 0. The Labute approximate surface area is 109 Å². The number of nitrogens with one attached hydrogen (secondary N) is 1. The second-order valence-electron chi connectivity index (χ2n) is 5.67. The van der Waals surface area contributed by atoms with Crippen LogP contribution in [-0.4, -0.2) is 12.5 Å². The summed E-state index contributed by atoms with van der Waals surface area (Å²) in [7, 11) is 0. The highest BCUT2D eigenvalue weighted by Gasteiger charge is 2.48. The van der Waals surface area contributed by atoms with Gasteiger partial charge in [-0.25, -0.2) is 0 Å². The fourth-order valence-electron chi connectivity index (χ4n) is 2.06. The predicted octanol–water partition coefficient (Wildman–Crippen LogP) is 2.80. The standard InChI is InChI=1S/C15H22N2O/c1-10(2)12-5-4-11(3)13(8-12)17-14(18)15(9-16)6-7-15/h4-5,8,10H,6-7,9,16H2,1-3H3,(H,17,18). The molecular weight excluding hydrogens is 224 g/mol. The van der Waals surface area contributed by atoms with E-state index in [-0.39, 0.29) is 11.3 Å². The van der Waals surface area contributed by atoms with Gasteiger partial charge in [0.1, 0.15) is 0 Å². The highest BCUT2D eigenvalue weighted by molar-refractivity contribution is 5.98. The molecule has 1 aromatic rings. The van der Waals surface area contributed by atoms with E-state index in [4.69, 9.17) is 5.73 Å². The van der Waals surface area contributed by atoms with E-state index >= 15 is 0 Å². The number of anilines is 1. The Balaban J connectivity index is 2.18. The molecule has 0 heterocycles. The molecule has 0 spiro atoms. The summed E-state index contributed by atoms with van der Waals surface area (Å²) in [5, 5.41) is 3.04. The van der Waals surface area contributed by atoms with Gasteiger partial charge in [0.25, 0.3) is 0 Å². The minimum atomic E-state index is -0.291. The first-order chi connectivity index (χ1) is 8.48. The smallest absolute Gasteiger partial charge is 0.231 e. The third-order valence-electron chi connectivity index (χ3n) is 3.90. The molecule has 1 aromatic carbocycles. The Hall–Kier alpha value is -1.35. The minimum absolute atomic E-state index is 0.0778. The third kappa shape index (κ3) is 2.41. The molecule has 0 aromatic heterocycles. The molecule has 18 heavy (non-hydrogen) atoms. The number of aryl methyl sites for hydroxylation is 1. The van der Waals surface area contributed by atoms with Crippen molar-refractivity contribution in [2.45, 2.75) is 39.5 Å². The molecule has 98 valence electrons. The van der Waals surface area contributed by atoms with Crippen molar-refractivity contribution in [3.63, 3.8) is 0 Å². The van der Waals surface area contributed by atoms with Crippen LogP contribution in [0.4, 0.5) is 5.69 Å². The van der Waals surface area contributed by atoms with Crippen LogP contribution in [0.3, 0.4) is 0 Å². The lowest BCUT2D eigenvalue weighted by atomic mass is 10.00. The van der Waals surface area contributed by atoms with E-state index in [9.17, 15) is 4.79 Å². The molecule has 0 atom stereocenters. The van der Waals surface area contributed by atoms with E-state index in [1.165, 1.54) is 5.56 Å². The van der Waals surface area contributed by atoms with Gasteiger partial charge in [0.15, 0.2) is 0 Å². The first kappa shape index (κ1) is 13.1. The van der Waals surface area contributed by atoms with Gasteiger partial charge in [0, 0.05) is 12.2 Å². The van der Waals surface area contributed by atoms with Gasteiger partial charge in [0.05, 0.1) is 5.41 Å². The largest absolute Gasteiger partial charge is 0.329 e. The molecule has 3 nitrogen and oxygen atoms in total. The lowest BCUT2D eigenvalue weighted by Gasteiger charge is -2.16. The van der Waals surface area contributed by atoms with Gasteiger partial charge < -0.3 is 11.1 Å². The molecule has 3 heteroatoms. The molecule has 0 bridgehead atoms. The first-order valence-electron chi connectivity index (χ1n) is 6.60. The molecule has 1 aliphatic rings. The van der Waals surface area contributed by atoms with Gasteiger partial charge >= 0.3 is 0 Å². The number of carbonyl (C=O) groups excluding carboxylic acids is 1. The lowest BCUT2D eigenvalue weighted by molar-refractivity contribution is -0.120. The summed E-state index contributed by atoms with van der Waals surface area (Å²) in [6.45, 7) is 6.76. The minimum Gasteiger partial charge on any atom is -0.329 e. The molecule has 3 N–H and O–H groups in total. The van der Waals surface area contributed by atoms with E-state index in [1.807, 2.05) is 6.92 Å². The van der Waals surface area contributed by atoms with E-state index in [0.29, 0.717) is 12.5 Å². The second kappa shape index (κ2) is 4.73. The molecule has 0 saturated heterocycles. The molecule has 1 saturated carbocycles. The van der Waals surface area contributed by atoms with Crippen LogP contribution in [0, 0.1) is 12.3 Å². The Morgan fingerprint density at radius 2 is 2.11 bits per heavy atom. The number of benzene rings is 1. The van der Waals surface area contributed by atoms with Crippen LogP contribution in [0.15, 0.2) is 18.2 Å². The maximum Gasteiger partial charge on any atom is 0.231 e. The van der Waals surface area contributed by atoms with Crippen LogP contribution in [0.2, 0.25) is 0 Å². The maximum absolute atomic E-state index is 12.2. The van der Waals surface area contributed by atoms with Gasteiger partial charge in [-0.1, -0.05) is 26.0 Å². The van der Waals surface area contributed by atoms with Gasteiger partial charge in [-0.2, -0.15) is 0 Å². The Kier molecular flexibility index (Phi) is 3.44. The third-order valence-corrected chi connectivity index (χ3v) is 3.90. The van der Waals surface area contributed by atoms with Gasteiger partial charge in [-0.05, 0) is 42.9 Å². The van der Waals surface area contributed by atoms with E-state index in [2.05, 4.69) is 37.4 Å². The van der Waals surface area contributed by atoms with Crippen molar-refractivity contribution >= 4 is 11.6 Å². The Morgan fingerprint density at radius 3 is 2.61 bits per heavy atom. The van der Waals surface area contributed by atoms with Crippen LogP contribution in [0.5, 0.6) is 0 Å². The SMILES string of the molecule is Cc1ccc(C(C)C)cc1NC(=O)C1(CN)CC1. The fourth-order valence-corrected chi connectivity index (χ4v) is 2.06. The fraction of sp³-hybridized carbons (Fsp3) is 0.533. The molecule has 1 aliphatic carbocycles. The molecule has 0 unspecified atom stereocenters. The quantitative estimate of drug-likeness (QED) is 0.858. The zero-order valence-electron chi connectivity index (χ0n) is 11.4. The van der Waals surface area contributed by atoms with Crippen LogP contribution in [-0.2, 0) is 4.79 Å². The van der Waals surface area contributed by atoms with Crippen LogP contribution >= 0.6 is 0 Å². The van der Waals surface area contributed by atoms with Gasteiger partial charge in [-0.3, -0.25) is 4.79 Å². The zero-order chi connectivity index (χ0) is 13.3. The van der Waals surface area contributed by atoms with E-state index < -0.39 is 0 Å². The number of amides is 1. The Bertz CT molecular complexity index is 462. The monoisotopic (exact) mass is 246 g/mol. The summed E-state index contributed by atoms with van der Waals surface area (Å²) in [6, 6.07) is 6.25. The van der Waals surface area contributed by atoms with Crippen molar-refractivity contribution < 1.29 is 4.79 Å². The normalized spacial score (nSPS) is 16.7. The number of rotatable bonds is 4. The second-order valence-corrected chi connectivity index (χ2v) is 5.67. The molecular formula is C15H22N2O. The van der Waals surface area contributed by atoms with E-state index in [1.54, 1.807) is 0 Å². The number of nitrogens with two attached hydrogens (primary N) is 1. The highest BCUT2D eigenvalue weighted by atomic mass is 16.2. The van der Waals surface area contributed by atoms with E-state index in [0.717, 1.165) is 24.1 Å². The molecule has 2 rings (SSSR count). The van der Waals surface area contributed by atoms with Crippen molar-refractivity contribution in [1.29, 1.82) is 0 Å². The van der Waals surface area contributed by atoms with Crippen LogP contribution in [0.25, 0.3) is 0 Å². The first-order valence-corrected chi connectivity index (χ1v) is 6.60. The van der Waals surface area contributed by atoms with Crippen LogP contribution in [0.1, 0.15) is 43.7 Å². The Morgan fingerprint density at radius 1 is 1.44 bits per heavy atom. The summed E-state index contributed by atoms with van der Waals surface area (Å²) in [6.07, 6.45) is 1.83. The zero-order valence-corrected chi connectivity index (χ0v) is 11.4. The number of hydrogen-bond donors (Lipinski definition) is 2. The number of hydrogen-bond acceptors (Lipinski definition) is 2. The molecule has 1 amide bonds. The summed E-state index contributed by atoms with van der Waals surface area (Å²) < 4.78 is 0. The molecule has 0 aliphatic heterocycles. The van der Waals surface area contributed by atoms with Gasteiger partial charge in [0.2, 0.25) is 5.91 Å². The van der Waals surface area contributed by atoms with Gasteiger partial charge in [-0.15, -0.1) is 0 Å². The average molecular weight is 246 g/mol. The topological polar surface area (TPSA) is 55.1 Å². The predicted molar refractivity (Wildman–Crippen MR) is 74.6 cm³/mol. The summed E-state index contributed by atoms with van der Waals surface area (Å²) in [4.78, 5) is 12.2. The molecule has 1 fully saturated rings. The van der Waals surface area contributed by atoms with Crippen molar-refractivity contribution in [1.82, 2.24) is 0 Å². The van der Waals surface area contributed by atoms with Crippen molar-refractivity contribution in [3.05, 3.63) is 29.3 Å². The van der Waals surface area contributed by atoms with Crippen molar-refractivity contribution in [2.24, 2.45) is 11.1 Å². The highest BCUT2D eigenvalue weighted by Crippen LogP contribution is 2.45. The van der Waals surface area contributed by atoms with Crippen molar-refractivity contribution in [2.75, 3.05) is 11.9 Å². The van der Waals surface area contributed by atoms with Crippen LogP contribution < -0.4 is 11.1 Å². The molecule has 0 radical (unpaired) electrons. The number of carbonyl (C=O) groups is 1. The summed E-state index contributed by atoms with van der Waals surface area (Å²) in [5.74, 6) is 0.541. The maximum atomic E-state index is 12.2. The average Bonchev–Trinajstić information content (AvgIpc) is 3.12.